The highest BCUT2D eigenvalue weighted by Crippen LogP contribution is 2.40. The van der Waals surface area contributed by atoms with Crippen molar-refractivity contribution in [2.45, 2.75) is 38.1 Å². The summed E-state index contributed by atoms with van der Waals surface area (Å²) in [6.07, 6.45) is 6.21. The second-order valence-electron chi connectivity index (χ2n) is 7.62. The van der Waals surface area contributed by atoms with E-state index in [0.29, 0.717) is 6.04 Å². The number of nitrogens with zero attached hydrogens (tertiary/aromatic N) is 1. The maximum Gasteiger partial charge on any atom is 0.261 e. The van der Waals surface area contributed by atoms with E-state index in [1.54, 1.807) is 0 Å². The van der Waals surface area contributed by atoms with Gasteiger partial charge in [-0.3, -0.25) is 4.79 Å². The van der Waals surface area contributed by atoms with E-state index >= 15 is 0 Å². The van der Waals surface area contributed by atoms with Gasteiger partial charge in [0.15, 0.2) is 0 Å². The lowest BCUT2D eigenvalue weighted by atomic mass is 9.75. The molecule has 1 atom stereocenters. The first-order chi connectivity index (χ1) is 12.6. The number of carbonyl (C=O) groups excluding carboxylic acids is 1. The molecule has 4 heteroatoms. The Hall–Kier alpha value is -1.65. The van der Waals surface area contributed by atoms with E-state index in [-0.39, 0.29) is 5.91 Å². The van der Waals surface area contributed by atoms with Gasteiger partial charge in [0.1, 0.15) is 0 Å². The first kappa shape index (κ1) is 19.1. The molecular formula is C22H30N2OS. The van der Waals surface area contributed by atoms with E-state index in [4.69, 9.17) is 0 Å². The van der Waals surface area contributed by atoms with Gasteiger partial charge in [0.25, 0.3) is 5.91 Å². The Bertz CT molecular complexity index is 661. The third kappa shape index (κ3) is 4.95. The average molecular weight is 371 g/mol. The van der Waals surface area contributed by atoms with E-state index < -0.39 is 0 Å². The standard InChI is InChI=1S/C22H30N2OS/c1-24(2)21(18-7-4-3-5-8-18)19-12-10-17(11-13-19)14-15-23-22(25)20-9-6-16-26-20/h3-9,16-17,19,21H,10-15H2,1-2H3,(H,23,25). The predicted octanol–water partition coefficient (Wildman–Crippen LogP) is 4.98. The molecule has 0 radical (unpaired) electrons. The minimum atomic E-state index is 0.0745. The van der Waals surface area contributed by atoms with Crippen LogP contribution in [0.15, 0.2) is 47.8 Å². The third-order valence-corrected chi connectivity index (χ3v) is 6.49. The van der Waals surface area contributed by atoms with E-state index in [1.807, 2.05) is 17.5 Å². The fourth-order valence-corrected chi connectivity index (χ4v) is 4.96. The molecule has 1 aromatic heterocycles. The molecule has 0 saturated heterocycles. The summed E-state index contributed by atoms with van der Waals surface area (Å²) in [6, 6.07) is 15.2. The van der Waals surface area contributed by atoms with Crippen LogP contribution in [0.25, 0.3) is 0 Å². The lowest BCUT2D eigenvalue weighted by Gasteiger charge is -2.37. The molecule has 0 aliphatic heterocycles. The van der Waals surface area contributed by atoms with Crippen LogP contribution in [0.2, 0.25) is 0 Å². The van der Waals surface area contributed by atoms with Crippen LogP contribution in [-0.2, 0) is 0 Å². The van der Waals surface area contributed by atoms with Gasteiger partial charge in [-0.1, -0.05) is 49.2 Å². The number of amides is 1. The van der Waals surface area contributed by atoms with E-state index in [9.17, 15) is 4.79 Å². The number of benzene rings is 1. The van der Waals surface area contributed by atoms with E-state index in [2.05, 4.69) is 54.6 Å². The fourth-order valence-electron chi connectivity index (χ4n) is 4.32. The number of hydrogen-bond acceptors (Lipinski definition) is 3. The highest BCUT2D eigenvalue weighted by molar-refractivity contribution is 7.12. The first-order valence-electron chi connectivity index (χ1n) is 9.68. The largest absolute Gasteiger partial charge is 0.351 e. The topological polar surface area (TPSA) is 32.3 Å². The molecule has 1 N–H and O–H groups in total. The van der Waals surface area contributed by atoms with E-state index in [0.717, 1.165) is 29.7 Å². The SMILES string of the molecule is CN(C)C(c1ccccc1)C1CCC(CCNC(=O)c2cccs2)CC1. The maximum atomic E-state index is 12.0. The summed E-state index contributed by atoms with van der Waals surface area (Å²) in [5.41, 5.74) is 1.43. The van der Waals surface area contributed by atoms with Gasteiger partial charge in [-0.05, 0) is 62.2 Å². The smallest absolute Gasteiger partial charge is 0.261 e. The van der Waals surface area contributed by atoms with Crippen LogP contribution in [0.3, 0.4) is 0 Å². The molecule has 0 bridgehead atoms. The van der Waals surface area contributed by atoms with Crippen molar-refractivity contribution in [3.8, 4) is 0 Å². The van der Waals surface area contributed by atoms with Crippen molar-refractivity contribution >= 4 is 17.2 Å². The van der Waals surface area contributed by atoms with Crippen molar-refractivity contribution in [3.05, 3.63) is 58.3 Å². The quantitative estimate of drug-likeness (QED) is 0.746. The van der Waals surface area contributed by atoms with Crippen LogP contribution >= 0.6 is 11.3 Å². The van der Waals surface area contributed by atoms with Crippen molar-refractivity contribution < 1.29 is 4.79 Å². The second-order valence-corrected chi connectivity index (χ2v) is 8.57. The van der Waals surface area contributed by atoms with Crippen LogP contribution in [0.1, 0.15) is 53.4 Å². The Morgan fingerprint density at radius 3 is 2.46 bits per heavy atom. The summed E-state index contributed by atoms with van der Waals surface area (Å²) < 4.78 is 0. The van der Waals surface area contributed by atoms with Gasteiger partial charge >= 0.3 is 0 Å². The average Bonchev–Trinajstić information content (AvgIpc) is 3.19. The Morgan fingerprint density at radius 2 is 1.85 bits per heavy atom. The molecular weight excluding hydrogens is 340 g/mol. The van der Waals surface area contributed by atoms with Crippen molar-refractivity contribution in [3.63, 3.8) is 0 Å². The summed E-state index contributed by atoms with van der Waals surface area (Å²) in [5.74, 6) is 1.54. The molecule has 1 amide bonds. The summed E-state index contributed by atoms with van der Waals surface area (Å²) >= 11 is 1.50. The highest BCUT2D eigenvalue weighted by atomic mass is 32.1. The number of hydrogen-bond donors (Lipinski definition) is 1. The van der Waals surface area contributed by atoms with Gasteiger partial charge in [0.05, 0.1) is 4.88 Å². The molecule has 140 valence electrons. The van der Waals surface area contributed by atoms with Gasteiger partial charge in [-0.2, -0.15) is 0 Å². The molecule has 3 nitrogen and oxygen atoms in total. The Morgan fingerprint density at radius 1 is 1.12 bits per heavy atom. The summed E-state index contributed by atoms with van der Waals surface area (Å²) in [5, 5.41) is 5.02. The van der Waals surface area contributed by atoms with Crippen LogP contribution in [0, 0.1) is 11.8 Å². The van der Waals surface area contributed by atoms with Gasteiger partial charge < -0.3 is 10.2 Å². The minimum Gasteiger partial charge on any atom is -0.351 e. The lowest BCUT2D eigenvalue weighted by Crippen LogP contribution is -2.31. The molecule has 1 unspecified atom stereocenters. The summed E-state index contributed by atoms with van der Waals surface area (Å²) in [6.45, 7) is 0.794. The van der Waals surface area contributed by atoms with Crippen molar-refractivity contribution in [2.24, 2.45) is 11.8 Å². The predicted molar refractivity (Wildman–Crippen MR) is 110 cm³/mol. The monoisotopic (exact) mass is 370 g/mol. The highest BCUT2D eigenvalue weighted by Gasteiger charge is 2.29. The number of rotatable bonds is 7. The van der Waals surface area contributed by atoms with Crippen molar-refractivity contribution in [2.75, 3.05) is 20.6 Å². The number of nitrogens with one attached hydrogen (secondary N) is 1. The van der Waals surface area contributed by atoms with Crippen LogP contribution < -0.4 is 5.32 Å². The molecule has 1 aromatic carbocycles. The molecule has 1 saturated carbocycles. The molecule has 1 aliphatic carbocycles. The van der Waals surface area contributed by atoms with Crippen LogP contribution in [0.4, 0.5) is 0 Å². The maximum absolute atomic E-state index is 12.0. The normalized spacial score (nSPS) is 21.5. The van der Waals surface area contributed by atoms with Gasteiger partial charge in [0.2, 0.25) is 0 Å². The summed E-state index contributed by atoms with van der Waals surface area (Å²) in [7, 11) is 4.40. The van der Waals surface area contributed by atoms with Crippen molar-refractivity contribution in [1.82, 2.24) is 10.2 Å². The molecule has 26 heavy (non-hydrogen) atoms. The van der Waals surface area contributed by atoms with Gasteiger partial charge in [-0.25, -0.2) is 0 Å². The Balaban J connectivity index is 1.45. The molecule has 0 spiro atoms. The number of thiophene rings is 1. The zero-order chi connectivity index (χ0) is 18.4. The fraction of sp³-hybridized carbons (Fsp3) is 0.500. The second kappa shape index (κ2) is 9.33. The van der Waals surface area contributed by atoms with E-state index in [1.165, 1.54) is 42.6 Å². The van der Waals surface area contributed by atoms with Crippen molar-refractivity contribution in [1.29, 1.82) is 0 Å². The molecule has 2 aromatic rings. The molecule has 1 fully saturated rings. The molecule has 1 aliphatic rings. The Labute approximate surface area is 161 Å². The number of carbonyl (C=O) groups is 1. The Kier molecular flexibility index (Phi) is 6.86. The van der Waals surface area contributed by atoms with Gasteiger partial charge in [0, 0.05) is 12.6 Å². The summed E-state index contributed by atoms with van der Waals surface area (Å²) in [4.78, 5) is 15.2. The first-order valence-corrected chi connectivity index (χ1v) is 10.6. The molecule has 1 heterocycles. The molecule has 3 rings (SSSR count). The van der Waals surface area contributed by atoms with Gasteiger partial charge in [-0.15, -0.1) is 11.3 Å². The zero-order valence-electron chi connectivity index (χ0n) is 15.9. The lowest BCUT2D eigenvalue weighted by molar-refractivity contribution is 0.0951. The van der Waals surface area contributed by atoms with Crippen LogP contribution in [-0.4, -0.2) is 31.4 Å². The minimum absolute atomic E-state index is 0.0745. The zero-order valence-corrected chi connectivity index (χ0v) is 16.7. The van der Waals surface area contributed by atoms with Crippen LogP contribution in [0.5, 0.6) is 0 Å². The third-order valence-electron chi connectivity index (χ3n) is 5.62.